The second-order valence-corrected chi connectivity index (χ2v) is 21.9. The highest BCUT2D eigenvalue weighted by Crippen LogP contribution is 2.19. The predicted octanol–water partition coefficient (Wildman–Crippen LogP) is 5.17. The van der Waals surface area contributed by atoms with Crippen molar-refractivity contribution in [2.75, 3.05) is 52.4 Å². The summed E-state index contributed by atoms with van der Waals surface area (Å²) in [5, 5.41) is 97.5. The molecule has 0 aliphatic rings. The molecule has 0 radical (unpaired) electrons. The fourth-order valence-corrected chi connectivity index (χ4v) is 10.2. The molecule has 18 N–H and O–H groups in total. The maximum atomic E-state index is 11.6. The van der Waals surface area contributed by atoms with Crippen molar-refractivity contribution in [1.82, 2.24) is 37.2 Å². The first kappa shape index (κ1) is 62.9. The van der Waals surface area contributed by atoms with Crippen molar-refractivity contribution < 1.29 is 40.5 Å². The van der Waals surface area contributed by atoms with Gasteiger partial charge < -0.3 is 84.4 Å². The Hall–Kier alpha value is -7.71. The van der Waals surface area contributed by atoms with Gasteiger partial charge in [-0.2, -0.15) is 0 Å². The van der Waals surface area contributed by atoms with E-state index < -0.39 is 0 Å². The molecule has 7 atom stereocenters. The van der Waals surface area contributed by atoms with Crippen LogP contribution in [-0.2, 0) is 49.7 Å². The van der Waals surface area contributed by atoms with Crippen LogP contribution in [0.1, 0.15) is 45.4 Å². The summed E-state index contributed by atoms with van der Waals surface area (Å²) in [6.07, 6.45) is 4.78. The zero-order valence-corrected chi connectivity index (χ0v) is 47.2. The number of hydrogen-bond acceptors (Lipinski definition) is 16. The molecule has 7 rings (SSSR count). The van der Waals surface area contributed by atoms with Gasteiger partial charge in [-0.05, 0) is 169 Å². The number of aromatic hydroxyl groups is 7. The fraction of sp³-hybridized carbons (Fsp3) is 0.348. The summed E-state index contributed by atoms with van der Waals surface area (Å²) in [5.74, 6) is 0.986. The lowest BCUT2D eigenvalue weighted by Gasteiger charge is -2.30. The van der Waals surface area contributed by atoms with Crippen LogP contribution in [0.2, 0.25) is 0 Å². The number of carbonyl (C=O) groups excluding carboxylic acids is 1. The Morgan fingerprint density at radius 1 is 0.301 bits per heavy atom. The molecule has 0 aliphatic heterocycles. The standard InChI is InChI=1S/C66H85N9O8/c67-52(31-45-1-15-59(76)16-2-45)38-70-54(33-47-5-19-61(78)20-6-47)40-72-56(35-49-9-23-63(80)24-10-49)42-74-58(37-51-13-27-65(82)28-14-51)44-75-57(36-50-11-25-64(81)26-12-50)43-73-55(34-48-7-21-62(79)22-8-48)41-71-53(39-69-30-29-66(68)83)32-46-3-17-60(77)18-4-46/h1-28,52-58,69-82H,29-44,67H2,(H2,68,83)/t52-,53-,54-,55-,56-,57-,58-/m0/s1. The number of hydrogen-bond donors (Lipinski definition) is 16. The molecule has 0 aliphatic carbocycles. The van der Waals surface area contributed by atoms with Crippen LogP contribution in [0.15, 0.2) is 170 Å². The summed E-state index contributed by atoms with van der Waals surface area (Å²) in [6, 6.07) is 50.1. The van der Waals surface area contributed by atoms with E-state index in [0.717, 1.165) is 38.9 Å². The Bertz CT molecular complexity index is 2940. The van der Waals surface area contributed by atoms with Gasteiger partial charge in [0, 0.05) is 101 Å². The Balaban J connectivity index is 1.09. The average Bonchev–Trinajstić information content (AvgIpc) is 3.49. The number of primary amides is 1. The third kappa shape index (κ3) is 24.0. The van der Waals surface area contributed by atoms with Crippen LogP contribution in [0, 0.1) is 0 Å². The van der Waals surface area contributed by atoms with Crippen LogP contribution < -0.4 is 48.7 Å². The van der Waals surface area contributed by atoms with Crippen molar-refractivity contribution in [1.29, 1.82) is 0 Å². The van der Waals surface area contributed by atoms with Gasteiger partial charge in [0.1, 0.15) is 40.2 Å². The monoisotopic (exact) mass is 1130 g/mol. The van der Waals surface area contributed by atoms with Crippen molar-refractivity contribution in [3.05, 3.63) is 209 Å². The number of nitrogens with one attached hydrogen (secondary N) is 7. The van der Waals surface area contributed by atoms with Gasteiger partial charge in [0.25, 0.3) is 0 Å². The molecule has 442 valence electrons. The summed E-state index contributed by atoms with van der Waals surface area (Å²) in [5.41, 5.74) is 19.5. The molecule has 0 spiro atoms. The number of benzene rings is 7. The number of amides is 1. The first-order chi connectivity index (χ1) is 40.1. The van der Waals surface area contributed by atoms with Crippen molar-refractivity contribution in [3.63, 3.8) is 0 Å². The van der Waals surface area contributed by atoms with Crippen LogP contribution in [-0.4, -0.2) is 136 Å². The van der Waals surface area contributed by atoms with Crippen LogP contribution in [0.3, 0.4) is 0 Å². The maximum Gasteiger partial charge on any atom is 0.218 e. The topological polar surface area (TPSA) is 295 Å². The number of nitrogens with two attached hydrogens (primary N) is 2. The molecule has 7 aromatic rings. The number of carbonyl (C=O) groups is 1. The normalized spacial score (nSPS) is 14.1. The van der Waals surface area contributed by atoms with Crippen molar-refractivity contribution in [3.8, 4) is 40.2 Å². The second-order valence-electron chi connectivity index (χ2n) is 21.9. The van der Waals surface area contributed by atoms with E-state index in [1.54, 1.807) is 84.9 Å². The lowest BCUT2D eigenvalue weighted by atomic mass is 10.0. The van der Waals surface area contributed by atoms with Crippen LogP contribution >= 0.6 is 0 Å². The average molecular weight is 1130 g/mol. The lowest BCUT2D eigenvalue weighted by Crippen LogP contribution is -2.54. The number of phenols is 7. The van der Waals surface area contributed by atoms with E-state index >= 15 is 0 Å². The SMILES string of the molecule is NC(=O)CCNC[C@H](Cc1ccc(O)cc1)NC[C@H](Cc1ccc(O)cc1)NC[C@H](Cc1ccc(O)cc1)NC[C@H](Cc1ccc(O)cc1)NC[C@H](Cc1ccc(O)cc1)NC[C@H](Cc1ccc(O)cc1)NC[C@@H](N)Cc1ccc(O)cc1. The van der Waals surface area contributed by atoms with Crippen LogP contribution in [0.5, 0.6) is 40.2 Å². The minimum absolute atomic E-state index is 0.0382. The molecule has 0 unspecified atom stereocenters. The van der Waals surface area contributed by atoms with E-state index in [1.165, 1.54) is 0 Å². The second kappa shape index (κ2) is 33.4. The highest BCUT2D eigenvalue weighted by molar-refractivity contribution is 5.73. The van der Waals surface area contributed by atoms with Gasteiger partial charge in [0.2, 0.25) is 5.91 Å². The first-order valence-electron chi connectivity index (χ1n) is 28.7. The third-order valence-electron chi connectivity index (χ3n) is 14.8. The Morgan fingerprint density at radius 2 is 0.494 bits per heavy atom. The zero-order chi connectivity index (χ0) is 58.8. The largest absolute Gasteiger partial charge is 0.508 e. The van der Waals surface area contributed by atoms with E-state index in [4.69, 9.17) is 11.5 Å². The van der Waals surface area contributed by atoms with E-state index in [9.17, 15) is 40.5 Å². The molecule has 7 aromatic carbocycles. The van der Waals surface area contributed by atoms with Gasteiger partial charge >= 0.3 is 0 Å². The van der Waals surface area contributed by atoms with E-state index in [-0.39, 0.29) is 94.9 Å². The van der Waals surface area contributed by atoms with Crippen molar-refractivity contribution >= 4 is 5.91 Å². The fourth-order valence-electron chi connectivity index (χ4n) is 10.2. The van der Waals surface area contributed by atoms with E-state index in [0.29, 0.717) is 97.3 Å². The Labute approximate surface area is 488 Å². The molecule has 83 heavy (non-hydrogen) atoms. The minimum Gasteiger partial charge on any atom is -0.508 e. The molecule has 0 aromatic heterocycles. The smallest absolute Gasteiger partial charge is 0.218 e. The summed E-state index contributed by atoms with van der Waals surface area (Å²) >= 11 is 0. The van der Waals surface area contributed by atoms with Crippen molar-refractivity contribution in [2.24, 2.45) is 11.5 Å². The molecule has 17 nitrogen and oxygen atoms in total. The highest BCUT2D eigenvalue weighted by Gasteiger charge is 2.22. The molecule has 0 heterocycles. The third-order valence-corrected chi connectivity index (χ3v) is 14.8. The van der Waals surface area contributed by atoms with Gasteiger partial charge in [0.15, 0.2) is 0 Å². The lowest BCUT2D eigenvalue weighted by molar-refractivity contribution is -0.117. The first-order valence-corrected chi connectivity index (χ1v) is 28.7. The predicted molar refractivity (Wildman–Crippen MR) is 328 cm³/mol. The summed E-state index contributed by atoms with van der Waals surface area (Å²) in [7, 11) is 0. The molecule has 17 heteroatoms. The number of phenolic OH excluding ortho intramolecular Hbond substituents is 7. The molecule has 0 fully saturated rings. The van der Waals surface area contributed by atoms with Gasteiger partial charge in [-0.3, -0.25) is 4.79 Å². The molecule has 0 saturated heterocycles. The van der Waals surface area contributed by atoms with Crippen LogP contribution in [0.4, 0.5) is 0 Å². The van der Waals surface area contributed by atoms with Gasteiger partial charge in [-0.15, -0.1) is 0 Å². The minimum atomic E-state index is -0.374. The Morgan fingerprint density at radius 3 is 0.711 bits per heavy atom. The van der Waals surface area contributed by atoms with Crippen molar-refractivity contribution in [2.45, 2.75) is 93.7 Å². The summed E-state index contributed by atoms with van der Waals surface area (Å²) < 4.78 is 0. The zero-order valence-electron chi connectivity index (χ0n) is 47.2. The maximum absolute atomic E-state index is 11.6. The van der Waals surface area contributed by atoms with Crippen LogP contribution in [0.25, 0.3) is 0 Å². The van der Waals surface area contributed by atoms with E-state index in [2.05, 4.69) is 37.2 Å². The van der Waals surface area contributed by atoms with Gasteiger partial charge in [0.05, 0.1) is 0 Å². The number of rotatable bonds is 37. The molecule has 1 amide bonds. The molecule has 0 saturated carbocycles. The van der Waals surface area contributed by atoms with Gasteiger partial charge in [-0.25, -0.2) is 0 Å². The quantitative estimate of drug-likeness (QED) is 0.0224. The summed E-state index contributed by atoms with van der Waals surface area (Å²) in [4.78, 5) is 11.6. The highest BCUT2D eigenvalue weighted by atomic mass is 16.3. The summed E-state index contributed by atoms with van der Waals surface area (Å²) in [6.45, 7) is 4.42. The molecular weight excluding hydrogens is 1050 g/mol. The molecule has 0 bridgehead atoms. The Kier molecular flexibility index (Phi) is 25.3. The van der Waals surface area contributed by atoms with E-state index in [1.807, 2.05) is 84.9 Å². The van der Waals surface area contributed by atoms with Gasteiger partial charge in [-0.1, -0.05) is 84.9 Å². The molecular formula is C66H85N9O8.